The van der Waals surface area contributed by atoms with E-state index in [0.29, 0.717) is 11.4 Å². The van der Waals surface area contributed by atoms with Crippen LogP contribution in [0, 0.1) is 6.92 Å². The molecule has 2 aromatic carbocycles. The summed E-state index contributed by atoms with van der Waals surface area (Å²) in [7, 11) is 1.58. The number of para-hydroxylation sites is 1. The van der Waals surface area contributed by atoms with Crippen LogP contribution in [0.4, 0.5) is 5.69 Å². The number of carbonyl (C=O) groups is 2. The van der Waals surface area contributed by atoms with E-state index in [9.17, 15) is 14.4 Å². The fourth-order valence-electron chi connectivity index (χ4n) is 2.71. The summed E-state index contributed by atoms with van der Waals surface area (Å²) >= 11 is 0. The fraction of sp³-hybridized carbons (Fsp3) is 0.143. The van der Waals surface area contributed by atoms with Crippen LogP contribution in [0.1, 0.15) is 21.7 Å². The minimum atomic E-state index is -0.589. The Labute approximate surface area is 162 Å². The Hall–Kier alpha value is -3.74. The molecule has 7 heteroatoms. The number of benzene rings is 2. The smallest absolute Gasteiger partial charge is 0.280 e. The van der Waals surface area contributed by atoms with Crippen molar-refractivity contribution >= 4 is 17.5 Å². The topological polar surface area (TPSA) is 93.1 Å². The van der Waals surface area contributed by atoms with E-state index in [4.69, 9.17) is 0 Å². The zero-order valence-electron chi connectivity index (χ0n) is 15.6. The first-order valence-corrected chi connectivity index (χ1v) is 8.75. The molecule has 0 saturated carbocycles. The summed E-state index contributed by atoms with van der Waals surface area (Å²) in [6.07, 6.45) is 0.256. The van der Waals surface area contributed by atoms with Crippen molar-refractivity contribution < 1.29 is 9.59 Å². The van der Waals surface area contributed by atoms with E-state index in [0.717, 1.165) is 11.3 Å². The summed E-state index contributed by atoms with van der Waals surface area (Å²) in [4.78, 5) is 36.3. The number of hydrogen-bond donors (Lipinski definition) is 2. The maximum absolute atomic E-state index is 12.6. The highest BCUT2D eigenvalue weighted by Crippen LogP contribution is 2.12. The first-order chi connectivity index (χ1) is 13.5. The predicted octanol–water partition coefficient (Wildman–Crippen LogP) is 2.08. The molecule has 0 spiro atoms. The number of rotatable bonds is 5. The minimum Gasteiger partial charge on any atom is -0.359 e. The molecule has 0 aliphatic rings. The van der Waals surface area contributed by atoms with Crippen LogP contribution in [0.3, 0.4) is 0 Å². The van der Waals surface area contributed by atoms with E-state index >= 15 is 0 Å². The molecule has 0 bridgehead atoms. The molecule has 1 heterocycles. The minimum absolute atomic E-state index is 0.0953. The largest absolute Gasteiger partial charge is 0.359 e. The molecule has 3 rings (SSSR count). The highest BCUT2D eigenvalue weighted by atomic mass is 16.2. The van der Waals surface area contributed by atoms with Gasteiger partial charge in [-0.05, 0) is 36.8 Å². The third-order valence-electron chi connectivity index (χ3n) is 4.18. The Kier molecular flexibility index (Phi) is 5.64. The molecule has 0 unspecified atom stereocenters. The van der Waals surface area contributed by atoms with Crippen LogP contribution in [-0.2, 0) is 11.2 Å². The third-order valence-corrected chi connectivity index (χ3v) is 4.18. The number of hydrogen-bond acceptors (Lipinski definition) is 4. The maximum Gasteiger partial charge on any atom is 0.280 e. The van der Waals surface area contributed by atoms with Gasteiger partial charge in [0.05, 0.1) is 12.1 Å². The Balaban J connectivity index is 1.83. The molecule has 3 aromatic rings. The highest BCUT2D eigenvalue weighted by Gasteiger charge is 2.15. The first kappa shape index (κ1) is 19.0. The second kappa shape index (κ2) is 8.30. The van der Waals surface area contributed by atoms with Crippen LogP contribution in [-0.4, -0.2) is 28.6 Å². The van der Waals surface area contributed by atoms with E-state index in [1.54, 1.807) is 42.9 Å². The van der Waals surface area contributed by atoms with Gasteiger partial charge >= 0.3 is 0 Å². The molecule has 142 valence electrons. The monoisotopic (exact) mass is 376 g/mol. The van der Waals surface area contributed by atoms with Crippen LogP contribution in [0.2, 0.25) is 0 Å². The summed E-state index contributed by atoms with van der Waals surface area (Å²) in [5, 5.41) is 9.48. The Morgan fingerprint density at radius 3 is 2.36 bits per heavy atom. The Bertz CT molecular complexity index is 1060. The summed E-state index contributed by atoms with van der Waals surface area (Å²) in [5.74, 6) is -0.684. The van der Waals surface area contributed by atoms with E-state index in [-0.39, 0.29) is 18.0 Å². The van der Waals surface area contributed by atoms with Crippen LogP contribution >= 0.6 is 0 Å². The molecule has 7 nitrogen and oxygen atoms in total. The Morgan fingerprint density at radius 1 is 1.04 bits per heavy atom. The van der Waals surface area contributed by atoms with E-state index in [1.165, 1.54) is 6.07 Å². The van der Waals surface area contributed by atoms with Crippen molar-refractivity contribution in [3.8, 4) is 5.69 Å². The molecule has 0 saturated heterocycles. The molecule has 2 amide bonds. The van der Waals surface area contributed by atoms with Crippen LogP contribution < -0.4 is 16.1 Å². The zero-order valence-corrected chi connectivity index (χ0v) is 15.6. The molecule has 28 heavy (non-hydrogen) atoms. The third kappa shape index (κ3) is 4.32. The van der Waals surface area contributed by atoms with Crippen molar-refractivity contribution in [3.05, 3.63) is 87.8 Å². The fourth-order valence-corrected chi connectivity index (χ4v) is 2.71. The normalized spacial score (nSPS) is 10.4. The van der Waals surface area contributed by atoms with Crippen LogP contribution in [0.25, 0.3) is 5.69 Å². The predicted molar refractivity (Wildman–Crippen MR) is 107 cm³/mol. The van der Waals surface area contributed by atoms with Gasteiger partial charge in [0, 0.05) is 24.5 Å². The molecule has 1 aromatic heterocycles. The maximum atomic E-state index is 12.6. The number of carbonyl (C=O) groups excluding carboxylic acids is 2. The molecular weight excluding hydrogens is 356 g/mol. The van der Waals surface area contributed by atoms with Gasteiger partial charge in [0.25, 0.3) is 5.91 Å². The lowest BCUT2D eigenvalue weighted by atomic mass is 10.1. The number of nitrogens with one attached hydrogen (secondary N) is 2. The van der Waals surface area contributed by atoms with Gasteiger partial charge in [-0.1, -0.05) is 30.3 Å². The van der Waals surface area contributed by atoms with Gasteiger partial charge in [-0.3, -0.25) is 14.4 Å². The molecular formula is C21H20N4O3. The lowest BCUT2D eigenvalue weighted by molar-refractivity contribution is -0.119. The zero-order chi connectivity index (χ0) is 20.1. The standard InChI is InChI=1S/C21H20N4O3/c1-14-12-18(26)20(24-25(14)17-6-4-3-5-7-17)21(28)23-16-10-8-15(9-11-16)13-19(27)22-2/h3-12H,13H2,1-2H3,(H,22,27)(H,23,28). The van der Waals surface area contributed by atoms with Crippen molar-refractivity contribution in [2.45, 2.75) is 13.3 Å². The van der Waals surface area contributed by atoms with Crippen LogP contribution in [0.5, 0.6) is 0 Å². The summed E-state index contributed by atoms with van der Waals surface area (Å²) in [6.45, 7) is 1.76. The molecule has 0 fully saturated rings. The molecule has 0 radical (unpaired) electrons. The molecule has 0 atom stereocenters. The van der Waals surface area contributed by atoms with Gasteiger partial charge in [-0.25, -0.2) is 4.68 Å². The second-order valence-electron chi connectivity index (χ2n) is 6.25. The van der Waals surface area contributed by atoms with Crippen molar-refractivity contribution in [1.29, 1.82) is 0 Å². The second-order valence-corrected chi connectivity index (χ2v) is 6.25. The lowest BCUT2D eigenvalue weighted by Gasteiger charge is -2.11. The van der Waals surface area contributed by atoms with Crippen molar-refractivity contribution in [3.63, 3.8) is 0 Å². The van der Waals surface area contributed by atoms with Crippen LogP contribution in [0.15, 0.2) is 65.5 Å². The van der Waals surface area contributed by atoms with Gasteiger partial charge in [0.2, 0.25) is 11.3 Å². The van der Waals surface area contributed by atoms with Gasteiger partial charge < -0.3 is 10.6 Å². The van der Waals surface area contributed by atoms with Crippen molar-refractivity contribution in [1.82, 2.24) is 15.1 Å². The van der Waals surface area contributed by atoms with Gasteiger partial charge in [0.1, 0.15) is 0 Å². The van der Waals surface area contributed by atoms with E-state index in [2.05, 4.69) is 15.7 Å². The number of aromatic nitrogens is 2. The Morgan fingerprint density at radius 2 is 1.71 bits per heavy atom. The van der Waals surface area contributed by atoms with Crippen molar-refractivity contribution in [2.75, 3.05) is 12.4 Å². The van der Waals surface area contributed by atoms with Crippen molar-refractivity contribution in [2.24, 2.45) is 0 Å². The average molecular weight is 376 g/mol. The average Bonchev–Trinajstić information content (AvgIpc) is 2.70. The highest BCUT2D eigenvalue weighted by molar-refractivity contribution is 6.02. The number of likely N-dealkylation sites (N-methyl/N-ethyl adjacent to an activating group) is 1. The SMILES string of the molecule is CNC(=O)Cc1ccc(NC(=O)c2nn(-c3ccccc3)c(C)cc2=O)cc1. The van der Waals surface area contributed by atoms with E-state index < -0.39 is 11.3 Å². The number of amides is 2. The molecule has 2 N–H and O–H groups in total. The number of aryl methyl sites for hydroxylation is 1. The lowest BCUT2D eigenvalue weighted by Crippen LogP contribution is -2.26. The summed E-state index contributed by atoms with van der Waals surface area (Å²) < 4.78 is 1.56. The number of anilines is 1. The molecule has 0 aliphatic heterocycles. The summed E-state index contributed by atoms with van der Waals surface area (Å²) in [6, 6.07) is 17.5. The van der Waals surface area contributed by atoms with Gasteiger partial charge in [-0.2, -0.15) is 5.10 Å². The summed E-state index contributed by atoms with van der Waals surface area (Å²) in [5.41, 5.74) is 2.08. The first-order valence-electron chi connectivity index (χ1n) is 8.75. The van der Waals surface area contributed by atoms with E-state index in [1.807, 2.05) is 30.3 Å². The quantitative estimate of drug-likeness (QED) is 0.713. The molecule has 0 aliphatic carbocycles. The van der Waals surface area contributed by atoms with Gasteiger partial charge in [0.15, 0.2) is 5.69 Å². The number of nitrogens with zero attached hydrogens (tertiary/aromatic N) is 2. The van der Waals surface area contributed by atoms with Gasteiger partial charge in [-0.15, -0.1) is 0 Å².